The van der Waals surface area contributed by atoms with Gasteiger partial charge in [-0.25, -0.2) is 4.98 Å². The number of benzene rings is 1. The number of amides is 1. The first-order chi connectivity index (χ1) is 15.5. The molecule has 1 amide bonds. The first-order valence-electron chi connectivity index (χ1n) is 10.7. The first kappa shape index (κ1) is 23.4. The molecule has 0 aliphatic heterocycles. The van der Waals surface area contributed by atoms with E-state index in [1.54, 1.807) is 18.2 Å². The molecule has 11 nitrogen and oxygen atoms in total. The zero-order valence-corrected chi connectivity index (χ0v) is 17.8. The van der Waals surface area contributed by atoms with Gasteiger partial charge in [-0.2, -0.15) is 4.98 Å². The van der Waals surface area contributed by atoms with Crippen molar-refractivity contribution in [2.75, 3.05) is 35.6 Å². The van der Waals surface area contributed by atoms with Crippen molar-refractivity contribution >= 4 is 29.0 Å². The minimum atomic E-state index is -0.502. The van der Waals surface area contributed by atoms with Gasteiger partial charge in [-0.1, -0.05) is 12.1 Å². The predicted octanol–water partition coefficient (Wildman–Crippen LogP) is 2.10. The molecule has 0 unspecified atom stereocenters. The van der Waals surface area contributed by atoms with Crippen LogP contribution in [0.15, 0.2) is 30.5 Å². The number of nitrogens with zero attached hydrogens (tertiary/aromatic N) is 3. The zero-order chi connectivity index (χ0) is 22.9. The number of carbonyl (C=O) groups excluding carboxylic acids is 1. The van der Waals surface area contributed by atoms with Crippen molar-refractivity contribution in [1.29, 1.82) is 0 Å². The van der Waals surface area contributed by atoms with E-state index in [-0.39, 0.29) is 36.5 Å². The summed E-state index contributed by atoms with van der Waals surface area (Å²) in [4.78, 5) is 30.7. The van der Waals surface area contributed by atoms with Crippen molar-refractivity contribution in [3.8, 4) is 0 Å². The Hall–Kier alpha value is -3.31. The highest BCUT2D eigenvalue weighted by molar-refractivity contribution is 5.92. The van der Waals surface area contributed by atoms with Crippen LogP contribution in [0.3, 0.4) is 0 Å². The largest absolute Gasteiger partial charge is 0.396 e. The smallest absolute Gasteiger partial charge is 0.329 e. The fourth-order valence-corrected chi connectivity index (χ4v) is 3.74. The molecule has 1 aromatic heterocycles. The molecule has 1 aliphatic carbocycles. The van der Waals surface area contributed by atoms with Crippen LogP contribution in [0.25, 0.3) is 0 Å². The number of hydrogen-bond donors (Lipinski definition) is 5. The highest BCUT2D eigenvalue weighted by Crippen LogP contribution is 2.29. The van der Waals surface area contributed by atoms with Gasteiger partial charge in [-0.15, -0.1) is 0 Å². The summed E-state index contributed by atoms with van der Waals surface area (Å²) in [6.07, 6.45) is 5.06. The van der Waals surface area contributed by atoms with Gasteiger partial charge in [0.05, 0.1) is 11.5 Å². The summed E-state index contributed by atoms with van der Waals surface area (Å²) in [7, 11) is 0. The second-order valence-corrected chi connectivity index (χ2v) is 7.94. The van der Waals surface area contributed by atoms with Gasteiger partial charge in [0.25, 0.3) is 0 Å². The van der Waals surface area contributed by atoms with Crippen LogP contribution in [0.4, 0.5) is 23.1 Å². The Morgan fingerprint density at radius 3 is 2.66 bits per heavy atom. The van der Waals surface area contributed by atoms with Crippen molar-refractivity contribution < 1.29 is 14.8 Å². The van der Waals surface area contributed by atoms with E-state index in [1.807, 2.05) is 6.07 Å². The Morgan fingerprint density at radius 2 is 1.97 bits per heavy atom. The number of carbonyl (C=O) groups is 1. The Bertz CT molecular complexity index is 932. The Labute approximate surface area is 186 Å². The van der Waals surface area contributed by atoms with Crippen molar-refractivity contribution in [3.05, 3.63) is 46.1 Å². The standard InChI is InChI=1S/C21H29N7O4/c22-9-19(30)26-17-3-1-2-16(8-17)11-24-21-25-12-18(28(31)32)20(27-21)23-10-14-4-6-15(13-29)7-5-14/h1-3,8,12,14-15,29H,4-7,9-11,13,22H2,(H,26,30)(H2,23,24,25,27)/t14-,15-. The minimum Gasteiger partial charge on any atom is -0.396 e. The van der Waals surface area contributed by atoms with E-state index in [4.69, 9.17) is 5.73 Å². The van der Waals surface area contributed by atoms with Gasteiger partial charge in [0, 0.05) is 25.4 Å². The van der Waals surface area contributed by atoms with Crippen LogP contribution in [0.2, 0.25) is 0 Å². The first-order valence-corrected chi connectivity index (χ1v) is 10.7. The summed E-state index contributed by atoms with van der Waals surface area (Å²) in [6.45, 7) is 1.07. The van der Waals surface area contributed by atoms with E-state index < -0.39 is 4.92 Å². The fourth-order valence-electron chi connectivity index (χ4n) is 3.74. The van der Waals surface area contributed by atoms with Crippen molar-refractivity contribution in [2.24, 2.45) is 17.6 Å². The normalized spacial score (nSPS) is 18.1. The van der Waals surface area contributed by atoms with Gasteiger partial charge in [-0.05, 0) is 55.2 Å². The van der Waals surface area contributed by atoms with Gasteiger partial charge >= 0.3 is 5.69 Å². The van der Waals surface area contributed by atoms with Crippen LogP contribution >= 0.6 is 0 Å². The van der Waals surface area contributed by atoms with Crippen LogP contribution in [0.5, 0.6) is 0 Å². The lowest BCUT2D eigenvalue weighted by molar-refractivity contribution is -0.384. The third kappa shape index (κ3) is 6.59. The molecule has 0 spiro atoms. The average Bonchev–Trinajstić information content (AvgIpc) is 2.81. The molecule has 172 valence electrons. The number of aromatic nitrogens is 2. The summed E-state index contributed by atoms with van der Waals surface area (Å²) < 4.78 is 0. The number of hydrogen-bond acceptors (Lipinski definition) is 9. The third-order valence-corrected chi connectivity index (χ3v) is 5.60. The maximum absolute atomic E-state index is 11.5. The zero-order valence-electron chi connectivity index (χ0n) is 17.8. The predicted molar refractivity (Wildman–Crippen MR) is 121 cm³/mol. The SMILES string of the molecule is NCC(=O)Nc1cccc(CNc2ncc([N+](=O)[O-])c(NC[C@H]3CC[C@H](CO)CC3)n2)c1. The molecule has 32 heavy (non-hydrogen) atoms. The summed E-state index contributed by atoms with van der Waals surface area (Å²) >= 11 is 0. The molecule has 6 N–H and O–H groups in total. The summed E-state index contributed by atoms with van der Waals surface area (Å²) in [5.74, 6) is 0.904. The van der Waals surface area contributed by atoms with Crippen molar-refractivity contribution in [1.82, 2.24) is 9.97 Å². The molecule has 1 aliphatic rings. The van der Waals surface area contributed by atoms with Crippen LogP contribution < -0.4 is 21.7 Å². The fraction of sp³-hybridized carbons (Fsp3) is 0.476. The van der Waals surface area contributed by atoms with E-state index in [0.717, 1.165) is 31.2 Å². The molecule has 1 heterocycles. The van der Waals surface area contributed by atoms with Crippen LogP contribution in [0.1, 0.15) is 31.2 Å². The molecule has 0 radical (unpaired) electrons. The quantitative estimate of drug-likeness (QED) is 0.273. The number of nitro groups is 1. The molecule has 1 saturated carbocycles. The Kier molecular flexibility index (Phi) is 8.28. The average molecular weight is 444 g/mol. The van der Waals surface area contributed by atoms with E-state index in [0.29, 0.717) is 30.6 Å². The van der Waals surface area contributed by atoms with Gasteiger partial charge in [0.2, 0.25) is 17.7 Å². The lowest BCUT2D eigenvalue weighted by Crippen LogP contribution is -2.23. The summed E-state index contributed by atoms with van der Waals surface area (Å²) in [5.41, 5.74) is 6.64. The second-order valence-electron chi connectivity index (χ2n) is 7.94. The van der Waals surface area contributed by atoms with Gasteiger partial charge in [0.15, 0.2) is 0 Å². The third-order valence-electron chi connectivity index (χ3n) is 5.60. The minimum absolute atomic E-state index is 0.0994. The maximum Gasteiger partial charge on any atom is 0.329 e. The lowest BCUT2D eigenvalue weighted by atomic mass is 9.82. The molecule has 0 bridgehead atoms. The number of nitrogens with two attached hydrogens (primary N) is 1. The molecule has 0 saturated heterocycles. The highest BCUT2D eigenvalue weighted by Gasteiger charge is 2.23. The highest BCUT2D eigenvalue weighted by atomic mass is 16.6. The molecular formula is C21H29N7O4. The number of nitrogens with one attached hydrogen (secondary N) is 3. The van der Waals surface area contributed by atoms with E-state index in [9.17, 15) is 20.0 Å². The molecular weight excluding hydrogens is 414 g/mol. The molecule has 3 rings (SSSR count). The molecule has 1 aromatic carbocycles. The lowest BCUT2D eigenvalue weighted by Gasteiger charge is -2.27. The van der Waals surface area contributed by atoms with Crippen LogP contribution in [0, 0.1) is 22.0 Å². The summed E-state index contributed by atoms with van der Waals surface area (Å²) in [6, 6.07) is 7.24. The summed E-state index contributed by atoms with van der Waals surface area (Å²) in [5, 5.41) is 29.5. The van der Waals surface area contributed by atoms with E-state index in [1.165, 1.54) is 6.20 Å². The Balaban J connectivity index is 1.62. The van der Waals surface area contributed by atoms with E-state index >= 15 is 0 Å². The molecule has 1 fully saturated rings. The number of anilines is 3. The second kappa shape index (κ2) is 11.3. The van der Waals surface area contributed by atoms with Gasteiger partial charge in [0.1, 0.15) is 6.20 Å². The number of rotatable bonds is 10. The van der Waals surface area contributed by atoms with Crippen molar-refractivity contribution in [2.45, 2.75) is 32.2 Å². The monoisotopic (exact) mass is 443 g/mol. The maximum atomic E-state index is 11.5. The van der Waals surface area contributed by atoms with Crippen molar-refractivity contribution in [3.63, 3.8) is 0 Å². The molecule has 2 aromatic rings. The topological polar surface area (TPSA) is 168 Å². The Morgan fingerprint density at radius 1 is 1.22 bits per heavy atom. The number of aliphatic hydroxyl groups excluding tert-OH is 1. The molecule has 0 atom stereocenters. The van der Waals surface area contributed by atoms with Crippen LogP contribution in [-0.4, -0.2) is 45.6 Å². The molecule has 11 heteroatoms. The number of aliphatic hydroxyl groups is 1. The van der Waals surface area contributed by atoms with Gasteiger partial charge < -0.3 is 26.8 Å². The van der Waals surface area contributed by atoms with Crippen LogP contribution in [-0.2, 0) is 11.3 Å². The van der Waals surface area contributed by atoms with E-state index in [2.05, 4.69) is 25.9 Å². The van der Waals surface area contributed by atoms with Gasteiger partial charge in [-0.3, -0.25) is 14.9 Å².